The molecule has 1 aromatic carbocycles. The molecule has 3 rings (SSSR count). The average Bonchev–Trinajstić information content (AvgIpc) is 2.95. The zero-order valence-corrected chi connectivity index (χ0v) is 14.5. The Morgan fingerprint density at radius 3 is 2.79 bits per heavy atom. The molecule has 1 atom stereocenters. The lowest BCUT2D eigenvalue weighted by Crippen LogP contribution is -2.37. The molecule has 1 aromatic heterocycles. The van der Waals surface area contributed by atoms with Gasteiger partial charge in [0, 0.05) is 30.5 Å². The second kappa shape index (κ2) is 7.03. The minimum absolute atomic E-state index is 0.190. The van der Waals surface area contributed by atoms with Gasteiger partial charge in [-0.15, -0.1) is 0 Å². The third kappa shape index (κ3) is 4.42. The molecule has 0 radical (unpaired) electrons. The van der Waals surface area contributed by atoms with Crippen LogP contribution < -0.4 is 0 Å². The van der Waals surface area contributed by atoms with Crippen molar-refractivity contribution in [2.24, 2.45) is 5.92 Å². The molecule has 0 unspecified atom stereocenters. The molecule has 0 aliphatic carbocycles. The van der Waals surface area contributed by atoms with E-state index in [2.05, 4.69) is 15.1 Å². The summed E-state index contributed by atoms with van der Waals surface area (Å²) in [6.07, 6.45) is 5.05. The number of hydrogen-bond acceptors (Lipinski definition) is 4. The molecule has 0 saturated carbocycles. The lowest BCUT2D eigenvalue weighted by molar-refractivity contribution is 0.178. The van der Waals surface area contributed by atoms with Gasteiger partial charge in [0.15, 0.2) is 0 Å². The maximum absolute atomic E-state index is 13.1. The van der Waals surface area contributed by atoms with E-state index in [1.54, 1.807) is 18.3 Å². The highest BCUT2D eigenvalue weighted by atomic mass is 32.2. The standard InChI is InChI=1S/C17H22FN3O2S/c1-24(22,23)12-13-3-2-8-21(10-13)11-15-9-19-20-17(15)14-4-6-16(18)7-5-14/h4-7,9,13H,2-3,8,10-12H2,1H3,(H,19,20)/t13-/m1/s1. The normalized spacial score (nSPS) is 19.5. The van der Waals surface area contributed by atoms with Gasteiger partial charge >= 0.3 is 0 Å². The summed E-state index contributed by atoms with van der Waals surface area (Å²) in [5, 5.41) is 7.11. The summed E-state index contributed by atoms with van der Waals surface area (Å²) < 4.78 is 36.1. The number of hydrogen-bond donors (Lipinski definition) is 1. The van der Waals surface area contributed by atoms with Crippen LogP contribution >= 0.6 is 0 Å². The molecular weight excluding hydrogens is 329 g/mol. The van der Waals surface area contributed by atoms with Crippen LogP contribution in [0.15, 0.2) is 30.5 Å². The summed E-state index contributed by atoms with van der Waals surface area (Å²) in [7, 11) is -2.95. The van der Waals surface area contributed by atoms with Crippen LogP contribution in [0.2, 0.25) is 0 Å². The largest absolute Gasteiger partial charge is 0.299 e. The molecule has 2 aromatic rings. The van der Waals surface area contributed by atoms with Crippen molar-refractivity contribution in [2.75, 3.05) is 25.1 Å². The summed E-state index contributed by atoms with van der Waals surface area (Å²) in [6.45, 7) is 2.44. The second-order valence-electron chi connectivity index (χ2n) is 6.61. The van der Waals surface area contributed by atoms with Gasteiger partial charge < -0.3 is 0 Å². The van der Waals surface area contributed by atoms with Gasteiger partial charge in [-0.2, -0.15) is 5.10 Å². The molecule has 24 heavy (non-hydrogen) atoms. The molecule has 1 saturated heterocycles. The zero-order chi connectivity index (χ0) is 17.2. The number of benzene rings is 1. The Balaban J connectivity index is 1.70. The molecule has 1 N–H and O–H groups in total. The number of nitrogens with one attached hydrogen (secondary N) is 1. The highest BCUT2D eigenvalue weighted by molar-refractivity contribution is 7.90. The number of aromatic amines is 1. The summed E-state index contributed by atoms with van der Waals surface area (Å²) in [4.78, 5) is 2.28. The van der Waals surface area contributed by atoms with Gasteiger partial charge in [0.1, 0.15) is 15.7 Å². The van der Waals surface area contributed by atoms with Gasteiger partial charge in [-0.05, 0) is 49.6 Å². The predicted octanol–water partition coefficient (Wildman–Crippen LogP) is 2.47. The van der Waals surface area contributed by atoms with Crippen LogP contribution in [0.1, 0.15) is 18.4 Å². The molecule has 2 heterocycles. The number of aromatic nitrogens is 2. The highest BCUT2D eigenvalue weighted by Crippen LogP contribution is 2.25. The van der Waals surface area contributed by atoms with E-state index >= 15 is 0 Å². The first kappa shape index (κ1) is 17.1. The van der Waals surface area contributed by atoms with Gasteiger partial charge in [0.2, 0.25) is 0 Å². The molecule has 5 nitrogen and oxygen atoms in total. The Bertz CT molecular complexity index is 786. The number of rotatable bonds is 5. The van der Waals surface area contributed by atoms with Crippen molar-refractivity contribution in [1.29, 1.82) is 0 Å². The maximum Gasteiger partial charge on any atom is 0.147 e. The number of sulfone groups is 1. The van der Waals surface area contributed by atoms with Gasteiger partial charge in [-0.25, -0.2) is 12.8 Å². The van der Waals surface area contributed by atoms with E-state index in [1.807, 2.05) is 0 Å². The lowest BCUT2D eigenvalue weighted by atomic mass is 9.99. The lowest BCUT2D eigenvalue weighted by Gasteiger charge is -2.32. The predicted molar refractivity (Wildman–Crippen MR) is 91.7 cm³/mol. The molecule has 1 fully saturated rings. The third-order valence-corrected chi connectivity index (χ3v) is 5.46. The monoisotopic (exact) mass is 351 g/mol. The molecule has 0 bridgehead atoms. The molecular formula is C17H22FN3O2S. The summed E-state index contributed by atoms with van der Waals surface area (Å²) >= 11 is 0. The van der Waals surface area contributed by atoms with Gasteiger partial charge in [0.25, 0.3) is 0 Å². The number of likely N-dealkylation sites (tertiary alicyclic amines) is 1. The fourth-order valence-electron chi connectivity index (χ4n) is 3.40. The van der Waals surface area contributed by atoms with Crippen LogP contribution in [0, 0.1) is 11.7 Å². The second-order valence-corrected chi connectivity index (χ2v) is 8.80. The summed E-state index contributed by atoms with van der Waals surface area (Å²) in [5.74, 6) is 0.175. The molecule has 1 aliphatic rings. The smallest absolute Gasteiger partial charge is 0.147 e. The number of halogens is 1. The topological polar surface area (TPSA) is 66.1 Å². The van der Waals surface area contributed by atoms with E-state index in [-0.39, 0.29) is 17.5 Å². The van der Waals surface area contributed by atoms with Crippen LogP contribution in [0.5, 0.6) is 0 Å². The Hall–Kier alpha value is -1.73. The van der Waals surface area contributed by atoms with Crippen LogP contribution in [-0.4, -0.2) is 48.6 Å². The van der Waals surface area contributed by atoms with E-state index in [0.717, 1.165) is 42.8 Å². The van der Waals surface area contributed by atoms with E-state index in [0.29, 0.717) is 6.54 Å². The van der Waals surface area contributed by atoms with Gasteiger partial charge in [-0.1, -0.05) is 0 Å². The van der Waals surface area contributed by atoms with E-state index < -0.39 is 9.84 Å². The number of nitrogens with zero attached hydrogens (tertiary/aromatic N) is 2. The van der Waals surface area contributed by atoms with Gasteiger partial charge in [-0.3, -0.25) is 10.00 Å². The minimum atomic E-state index is -2.95. The van der Waals surface area contributed by atoms with Crippen molar-refractivity contribution in [2.45, 2.75) is 19.4 Å². The average molecular weight is 351 g/mol. The molecule has 0 spiro atoms. The Kier molecular flexibility index (Phi) is 5.01. The number of piperidine rings is 1. The number of H-pyrrole nitrogens is 1. The van der Waals surface area contributed by atoms with E-state index in [4.69, 9.17) is 0 Å². The maximum atomic E-state index is 13.1. The van der Waals surface area contributed by atoms with E-state index in [9.17, 15) is 12.8 Å². The SMILES string of the molecule is CS(=O)(=O)C[C@@H]1CCCN(Cc2cn[nH]c2-c2ccc(F)cc2)C1. The van der Waals surface area contributed by atoms with Crippen molar-refractivity contribution in [3.63, 3.8) is 0 Å². The van der Waals surface area contributed by atoms with Crippen molar-refractivity contribution in [3.05, 3.63) is 41.8 Å². The van der Waals surface area contributed by atoms with Crippen LogP contribution in [0.3, 0.4) is 0 Å². The molecule has 7 heteroatoms. The van der Waals surface area contributed by atoms with E-state index in [1.165, 1.54) is 18.4 Å². The fourth-order valence-corrected chi connectivity index (χ4v) is 4.53. The van der Waals surface area contributed by atoms with Crippen LogP contribution in [0.4, 0.5) is 4.39 Å². The Morgan fingerprint density at radius 2 is 2.08 bits per heavy atom. The Morgan fingerprint density at radius 1 is 1.33 bits per heavy atom. The van der Waals surface area contributed by atoms with Crippen LogP contribution in [-0.2, 0) is 16.4 Å². The molecule has 0 amide bonds. The minimum Gasteiger partial charge on any atom is -0.299 e. The summed E-state index contributed by atoms with van der Waals surface area (Å²) in [6, 6.07) is 6.33. The first-order valence-corrected chi connectivity index (χ1v) is 10.1. The zero-order valence-electron chi connectivity index (χ0n) is 13.7. The van der Waals surface area contributed by atoms with Crippen molar-refractivity contribution >= 4 is 9.84 Å². The third-order valence-electron chi connectivity index (χ3n) is 4.39. The molecule has 1 aliphatic heterocycles. The van der Waals surface area contributed by atoms with Crippen LogP contribution in [0.25, 0.3) is 11.3 Å². The first-order chi connectivity index (χ1) is 11.4. The van der Waals surface area contributed by atoms with Crippen molar-refractivity contribution in [1.82, 2.24) is 15.1 Å². The summed E-state index contributed by atoms with van der Waals surface area (Å²) in [5.41, 5.74) is 2.83. The molecule has 130 valence electrons. The quantitative estimate of drug-likeness (QED) is 0.899. The van der Waals surface area contributed by atoms with Gasteiger partial charge in [0.05, 0.1) is 17.6 Å². The van der Waals surface area contributed by atoms with Crippen molar-refractivity contribution < 1.29 is 12.8 Å². The highest BCUT2D eigenvalue weighted by Gasteiger charge is 2.24. The fraction of sp³-hybridized carbons (Fsp3) is 0.471. The Labute approximate surface area is 141 Å². The van der Waals surface area contributed by atoms with Crippen molar-refractivity contribution in [3.8, 4) is 11.3 Å². The first-order valence-electron chi connectivity index (χ1n) is 8.09.